The summed E-state index contributed by atoms with van der Waals surface area (Å²) < 4.78 is 0. The van der Waals surface area contributed by atoms with Crippen LogP contribution in [-0.2, 0) is 21.7 Å². The van der Waals surface area contributed by atoms with E-state index >= 15 is 0 Å². The van der Waals surface area contributed by atoms with Crippen LogP contribution in [0, 0.1) is 0 Å². The average Bonchev–Trinajstić information content (AvgIpc) is 2.03. The SMILES string of the molecule is [Al-]=[S].[Al-]=[S].[Al-]=[S].[Al-]=[S].[Ti+4]. The summed E-state index contributed by atoms with van der Waals surface area (Å²) in [5.74, 6) is 0. The summed E-state index contributed by atoms with van der Waals surface area (Å²) in [6.45, 7) is 0. The number of hydrogen-bond donors (Lipinski definition) is 0. The average molecular weight is 284 g/mol. The fourth-order valence-electron chi connectivity index (χ4n) is 0. The van der Waals surface area contributed by atoms with Gasteiger partial charge in [0.05, 0.1) is 0 Å². The Balaban J connectivity index is -0.00000000762. The molecule has 0 spiro atoms. The largest absolute Gasteiger partial charge is 4.00 e. The molecule has 0 aromatic heterocycles. The van der Waals surface area contributed by atoms with Gasteiger partial charge in [0.25, 0.3) is 0 Å². The van der Waals surface area contributed by atoms with E-state index in [1.807, 2.05) is 58.6 Å². The maximum absolute atomic E-state index is 4.00. The van der Waals surface area contributed by atoms with Gasteiger partial charge in [-0.05, 0) is 0 Å². The standard InChI is InChI=1S/4Al.4S.Ti/q4*-1;;;;;+4. The minimum absolute atomic E-state index is 0. The normalized spacial score (nSPS) is 1.78. The van der Waals surface area contributed by atoms with Gasteiger partial charge in [-0.15, -0.1) is 0 Å². The van der Waals surface area contributed by atoms with E-state index in [4.69, 9.17) is 0 Å². The van der Waals surface area contributed by atoms with Gasteiger partial charge in [0, 0.05) is 0 Å². The Morgan fingerprint density at radius 3 is 0.444 bits per heavy atom. The van der Waals surface area contributed by atoms with Crippen LogP contribution in [0.2, 0.25) is 0 Å². The molecule has 0 unspecified atom stereocenters. The molecule has 0 bridgehead atoms. The molecule has 0 nitrogen and oxygen atoms in total. The molecule has 0 aliphatic rings. The van der Waals surface area contributed by atoms with E-state index in [9.17, 15) is 0 Å². The van der Waals surface area contributed by atoms with Gasteiger partial charge in [-0.3, -0.25) is 0 Å². The van der Waals surface area contributed by atoms with Crippen molar-refractivity contribution in [1.29, 1.82) is 0 Å². The van der Waals surface area contributed by atoms with E-state index < -0.39 is 0 Å². The quantitative estimate of drug-likeness (QED) is 0.610. The van der Waals surface area contributed by atoms with E-state index in [1.54, 1.807) is 0 Å². The van der Waals surface area contributed by atoms with Gasteiger partial charge in [-0.25, -0.2) is 0 Å². The van der Waals surface area contributed by atoms with Crippen molar-refractivity contribution in [3.63, 3.8) is 0 Å². The zero-order valence-corrected chi connectivity index (χ0v) is 13.9. The summed E-state index contributed by atoms with van der Waals surface area (Å²) in [4.78, 5) is 0. The second-order valence-electron chi connectivity index (χ2n) is 0. The smallest absolute Gasteiger partial charge is 0.559 e. The molecule has 9 heavy (non-hydrogen) atoms. The summed E-state index contributed by atoms with van der Waals surface area (Å²) in [7, 11) is 16.0. The monoisotopic (exact) mass is 284 g/mol. The second kappa shape index (κ2) is 97.2. The molecule has 0 amide bonds. The molecule has 0 heterocycles. The maximum atomic E-state index is 4.00. The first kappa shape index (κ1) is 29.3. The molecular weight excluding hydrogens is 284 g/mol. The molecule has 0 aliphatic heterocycles. The van der Waals surface area contributed by atoms with Gasteiger partial charge in [0.2, 0.25) is 0 Å². The van der Waals surface area contributed by atoms with Crippen LogP contribution in [0.3, 0.4) is 0 Å². The van der Waals surface area contributed by atoms with Crippen LogP contribution in [0.15, 0.2) is 0 Å². The molecule has 0 fully saturated rings. The van der Waals surface area contributed by atoms with Gasteiger partial charge in [-0.1, -0.05) is 0 Å². The molecule has 0 aromatic rings. The Morgan fingerprint density at radius 2 is 0.444 bits per heavy atom. The third-order valence-corrected chi connectivity index (χ3v) is 0. The summed E-state index contributed by atoms with van der Waals surface area (Å²) in [5.41, 5.74) is 0. The van der Waals surface area contributed by atoms with Gasteiger partial charge in [-0.2, -0.15) is 0 Å². The predicted octanol–water partition coefficient (Wildman–Crippen LogP) is 1.07. The Morgan fingerprint density at radius 1 is 0.444 bits per heavy atom. The summed E-state index contributed by atoms with van der Waals surface area (Å²) in [6, 6.07) is 0. The first-order valence-electron chi connectivity index (χ1n) is 0.943. The van der Waals surface area contributed by atoms with Crippen LogP contribution in [0.4, 0.5) is 0 Å². The van der Waals surface area contributed by atoms with E-state index in [0.717, 1.165) is 0 Å². The van der Waals surface area contributed by atoms with Crippen LogP contribution in [0.5, 0.6) is 0 Å². The van der Waals surface area contributed by atoms with E-state index in [-0.39, 0.29) is 21.7 Å². The topological polar surface area (TPSA) is 0 Å². The van der Waals surface area contributed by atoms with Crippen molar-refractivity contribution in [3.8, 4) is 0 Å². The Labute approximate surface area is 120 Å². The summed E-state index contributed by atoms with van der Waals surface area (Å²) in [6.07, 6.45) is 0. The molecule has 40 valence electrons. The molecule has 0 N–H and O–H groups in total. The molecule has 0 saturated heterocycles. The van der Waals surface area contributed by atoms with Crippen LogP contribution in [0.1, 0.15) is 0 Å². The fourth-order valence-corrected chi connectivity index (χ4v) is 0. The van der Waals surface area contributed by atoms with Gasteiger partial charge < -0.3 is 101 Å². The van der Waals surface area contributed by atoms with Crippen molar-refractivity contribution in [2.75, 3.05) is 0 Å². The second-order valence-corrected chi connectivity index (χ2v) is 0. The molecule has 0 aliphatic carbocycles. The van der Waals surface area contributed by atoms with Gasteiger partial charge >= 0.3 is 21.7 Å². The minimum atomic E-state index is 0. The van der Waals surface area contributed by atoms with Crippen molar-refractivity contribution in [2.45, 2.75) is 0 Å². The van der Waals surface area contributed by atoms with Crippen molar-refractivity contribution in [2.24, 2.45) is 0 Å². The molecular formula is Al4S4Ti. The molecule has 8 radical (unpaired) electrons. The van der Waals surface area contributed by atoms with Gasteiger partial charge in [0.1, 0.15) is 0 Å². The van der Waals surface area contributed by atoms with Crippen LogP contribution < -0.4 is 0 Å². The third kappa shape index (κ3) is 79.9. The number of hydrogen-bond acceptors (Lipinski definition) is 4. The first-order chi connectivity index (χ1) is 4.00. The molecule has 0 saturated carbocycles. The van der Waals surface area contributed by atoms with Crippen molar-refractivity contribution in [1.82, 2.24) is 0 Å². The van der Waals surface area contributed by atoms with Gasteiger partial charge in [0.15, 0.2) is 0 Å². The minimum Gasteiger partial charge on any atom is -0.559 e. The Bertz CT molecular complexity index is 20.5. The zero-order chi connectivity index (χ0) is 8.00. The molecule has 0 aromatic carbocycles. The Kier molecular flexibility index (Phi) is 317. The van der Waals surface area contributed by atoms with Crippen LogP contribution in [-0.4, -0.2) is 58.6 Å². The third-order valence-electron chi connectivity index (χ3n) is 0. The van der Waals surface area contributed by atoms with Crippen molar-refractivity contribution in [3.05, 3.63) is 0 Å². The molecule has 0 atom stereocenters. The van der Waals surface area contributed by atoms with Crippen molar-refractivity contribution >= 4 is 101 Å². The van der Waals surface area contributed by atoms with Crippen LogP contribution in [0.25, 0.3) is 0 Å². The Hall–Kier alpha value is 3.72. The van der Waals surface area contributed by atoms with E-state index in [1.165, 1.54) is 0 Å². The number of rotatable bonds is 0. The molecule has 9 heteroatoms. The summed E-state index contributed by atoms with van der Waals surface area (Å²) in [5, 5.41) is 0. The predicted molar refractivity (Wildman–Crippen MR) is 53.4 cm³/mol. The molecule has 0 rings (SSSR count). The summed E-state index contributed by atoms with van der Waals surface area (Å²) >= 11 is 8.00. The maximum Gasteiger partial charge on any atom is 4.00 e. The van der Waals surface area contributed by atoms with E-state index in [0.29, 0.717) is 0 Å². The zero-order valence-electron chi connectivity index (χ0n) is 4.44. The van der Waals surface area contributed by atoms with Crippen molar-refractivity contribution < 1.29 is 21.7 Å². The first-order valence-corrected chi connectivity index (χ1v) is 8.49. The van der Waals surface area contributed by atoms with Crippen LogP contribution >= 0.6 is 42.0 Å². The van der Waals surface area contributed by atoms with E-state index in [2.05, 4.69) is 42.0 Å². The fraction of sp³-hybridized carbons (Fsp3) is 0.